The van der Waals surface area contributed by atoms with E-state index in [9.17, 15) is 18.0 Å². The van der Waals surface area contributed by atoms with Crippen molar-refractivity contribution in [1.29, 1.82) is 0 Å². The molecule has 0 bridgehead atoms. The van der Waals surface area contributed by atoms with E-state index in [0.717, 1.165) is 0 Å². The number of hydrogen-bond acceptors (Lipinski definition) is 2. The number of halogens is 3. The monoisotopic (exact) mass is 303 g/mol. The minimum atomic E-state index is -4.25. The largest absolute Gasteiger partial charge is 0.444 e. The standard InChI is InChI=1S/C15H20F3NO2/c1-9-6-11(8-15(16,17)18)7-10(2)12(9)19-13(20)21-14(3,4)5/h6-7H,8H2,1-5H3,(H,19,20). The fraction of sp³-hybridized carbons (Fsp3) is 0.533. The van der Waals surface area contributed by atoms with Crippen molar-refractivity contribution in [3.63, 3.8) is 0 Å². The molecule has 0 unspecified atom stereocenters. The lowest BCUT2D eigenvalue weighted by atomic mass is 10.0. The molecule has 118 valence electrons. The highest BCUT2D eigenvalue weighted by Crippen LogP contribution is 2.27. The molecule has 1 rings (SSSR count). The average Bonchev–Trinajstić information content (AvgIpc) is 2.18. The van der Waals surface area contributed by atoms with Gasteiger partial charge in [-0.25, -0.2) is 4.79 Å². The Morgan fingerprint density at radius 3 is 2.00 bits per heavy atom. The zero-order valence-corrected chi connectivity index (χ0v) is 12.8. The smallest absolute Gasteiger partial charge is 0.412 e. The summed E-state index contributed by atoms with van der Waals surface area (Å²) in [5.41, 5.74) is 1.16. The SMILES string of the molecule is Cc1cc(CC(F)(F)F)cc(C)c1NC(=O)OC(C)(C)C. The highest BCUT2D eigenvalue weighted by atomic mass is 19.4. The molecule has 21 heavy (non-hydrogen) atoms. The highest BCUT2D eigenvalue weighted by Gasteiger charge is 2.28. The van der Waals surface area contributed by atoms with Crippen molar-refractivity contribution < 1.29 is 22.7 Å². The van der Waals surface area contributed by atoms with E-state index in [0.29, 0.717) is 16.8 Å². The molecule has 0 saturated heterocycles. The Bertz CT molecular complexity index is 508. The number of rotatable bonds is 2. The summed E-state index contributed by atoms with van der Waals surface area (Å²) in [5.74, 6) is 0. The van der Waals surface area contributed by atoms with Gasteiger partial charge in [0.1, 0.15) is 5.60 Å². The van der Waals surface area contributed by atoms with E-state index < -0.39 is 24.3 Å². The second kappa shape index (κ2) is 5.95. The number of amides is 1. The maximum absolute atomic E-state index is 12.4. The normalized spacial score (nSPS) is 12.2. The molecule has 1 aromatic rings. The van der Waals surface area contributed by atoms with E-state index in [1.807, 2.05) is 0 Å². The fourth-order valence-corrected chi connectivity index (χ4v) is 1.99. The minimum Gasteiger partial charge on any atom is -0.444 e. The van der Waals surface area contributed by atoms with Crippen LogP contribution in [-0.2, 0) is 11.2 Å². The number of anilines is 1. The minimum absolute atomic E-state index is 0.173. The lowest BCUT2D eigenvalue weighted by Gasteiger charge is -2.21. The van der Waals surface area contributed by atoms with Crippen LogP contribution in [0.25, 0.3) is 0 Å². The quantitative estimate of drug-likeness (QED) is 0.855. The van der Waals surface area contributed by atoms with Crippen LogP contribution in [0.1, 0.15) is 37.5 Å². The summed E-state index contributed by atoms with van der Waals surface area (Å²) in [6.07, 6.45) is -5.86. The molecule has 0 saturated carbocycles. The van der Waals surface area contributed by atoms with Crippen molar-refractivity contribution in [2.75, 3.05) is 5.32 Å². The zero-order valence-electron chi connectivity index (χ0n) is 12.8. The molecule has 1 aromatic carbocycles. The van der Waals surface area contributed by atoms with Gasteiger partial charge in [0.25, 0.3) is 0 Å². The first-order valence-corrected chi connectivity index (χ1v) is 6.54. The van der Waals surface area contributed by atoms with E-state index in [2.05, 4.69) is 5.32 Å². The number of alkyl halides is 3. The second-order valence-corrected chi connectivity index (χ2v) is 6.02. The zero-order chi connectivity index (χ0) is 16.4. The van der Waals surface area contributed by atoms with Crippen LogP contribution >= 0.6 is 0 Å². The Morgan fingerprint density at radius 2 is 1.62 bits per heavy atom. The molecule has 0 aromatic heterocycles. The molecule has 0 fully saturated rings. The van der Waals surface area contributed by atoms with E-state index in [-0.39, 0.29) is 5.56 Å². The number of carbonyl (C=O) groups excluding carboxylic acids is 1. The highest BCUT2D eigenvalue weighted by molar-refractivity contribution is 5.87. The Labute approximate surface area is 122 Å². The molecule has 0 aliphatic carbocycles. The molecule has 0 aliphatic rings. The van der Waals surface area contributed by atoms with Gasteiger partial charge in [-0.2, -0.15) is 13.2 Å². The van der Waals surface area contributed by atoms with Gasteiger partial charge in [-0.3, -0.25) is 5.32 Å². The molecule has 0 atom stereocenters. The summed E-state index contributed by atoms with van der Waals surface area (Å²) in [4.78, 5) is 11.7. The van der Waals surface area contributed by atoms with Gasteiger partial charge in [-0.05, 0) is 51.3 Å². The molecule has 0 heterocycles. The van der Waals surface area contributed by atoms with Gasteiger partial charge >= 0.3 is 12.3 Å². The first-order valence-electron chi connectivity index (χ1n) is 6.54. The number of ether oxygens (including phenoxy) is 1. The predicted octanol–water partition coefficient (Wildman–Crippen LogP) is 4.76. The Hall–Kier alpha value is -1.72. The summed E-state index contributed by atoms with van der Waals surface area (Å²) in [5, 5.41) is 2.58. The summed E-state index contributed by atoms with van der Waals surface area (Å²) >= 11 is 0. The molecule has 0 spiro atoms. The lowest BCUT2D eigenvalue weighted by Crippen LogP contribution is -2.27. The Morgan fingerprint density at radius 1 is 1.14 bits per heavy atom. The first kappa shape index (κ1) is 17.3. The van der Waals surface area contributed by atoms with Crippen LogP contribution in [0.2, 0.25) is 0 Å². The number of hydrogen-bond donors (Lipinski definition) is 1. The van der Waals surface area contributed by atoms with Gasteiger partial charge in [-0.15, -0.1) is 0 Å². The van der Waals surface area contributed by atoms with Gasteiger partial charge in [0.05, 0.1) is 6.42 Å². The van der Waals surface area contributed by atoms with Crippen LogP contribution < -0.4 is 5.32 Å². The summed E-state index contributed by atoms with van der Waals surface area (Å²) in [6, 6.07) is 2.85. The van der Waals surface area contributed by atoms with E-state index in [1.54, 1.807) is 34.6 Å². The van der Waals surface area contributed by atoms with Crippen LogP contribution in [0.5, 0.6) is 0 Å². The van der Waals surface area contributed by atoms with Crippen molar-refractivity contribution in [2.45, 2.75) is 52.8 Å². The van der Waals surface area contributed by atoms with E-state index in [1.165, 1.54) is 12.1 Å². The number of nitrogens with one attached hydrogen (secondary N) is 1. The van der Waals surface area contributed by atoms with Gasteiger partial charge in [0.15, 0.2) is 0 Å². The molecule has 3 nitrogen and oxygen atoms in total. The van der Waals surface area contributed by atoms with Crippen molar-refractivity contribution in [3.05, 3.63) is 28.8 Å². The van der Waals surface area contributed by atoms with Crippen LogP contribution in [0.3, 0.4) is 0 Å². The van der Waals surface area contributed by atoms with Crippen LogP contribution in [0.15, 0.2) is 12.1 Å². The lowest BCUT2D eigenvalue weighted by molar-refractivity contribution is -0.127. The van der Waals surface area contributed by atoms with Crippen LogP contribution in [0.4, 0.5) is 23.7 Å². The van der Waals surface area contributed by atoms with Crippen molar-refractivity contribution in [2.24, 2.45) is 0 Å². The number of benzene rings is 1. The number of aryl methyl sites for hydroxylation is 2. The van der Waals surface area contributed by atoms with Gasteiger partial charge in [-0.1, -0.05) is 12.1 Å². The van der Waals surface area contributed by atoms with Crippen molar-refractivity contribution in [3.8, 4) is 0 Å². The molecule has 6 heteroatoms. The second-order valence-electron chi connectivity index (χ2n) is 6.02. The predicted molar refractivity (Wildman–Crippen MR) is 75.5 cm³/mol. The Balaban J connectivity index is 2.93. The summed E-state index contributed by atoms with van der Waals surface area (Å²) < 4.78 is 42.4. The third-order valence-corrected chi connectivity index (χ3v) is 2.62. The maximum Gasteiger partial charge on any atom is 0.412 e. The molecule has 0 radical (unpaired) electrons. The number of carbonyl (C=O) groups is 1. The fourth-order valence-electron chi connectivity index (χ4n) is 1.99. The van der Waals surface area contributed by atoms with Crippen LogP contribution in [-0.4, -0.2) is 17.9 Å². The van der Waals surface area contributed by atoms with Gasteiger partial charge in [0.2, 0.25) is 0 Å². The van der Waals surface area contributed by atoms with E-state index >= 15 is 0 Å². The average molecular weight is 303 g/mol. The summed E-state index contributed by atoms with van der Waals surface area (Å²) in [7, 11) is 0. The molecule has 1 N–H and O–H groups in total. The van der Waals surface area contributed by atoms with Gasteiger partial charge in [0, 0.05) is 5.69 Å². The Kier molecular flexibility index (Phi) is 4.91. The topological polar surface area (TPSA) is 38.3 Å². The molecule has 1 amide bonds. The third-order valence-electron chi connectivity index (χ3n) is 2.62. The van der Waals surface area contributed by atoms with Crippen molar-refractivity contribution >= 4 is 11.8 Å². The van der Waals surface area contributed by atoms with Gasteiger partial charge < -0.3 is 4.74 Å². The van der Waals surface area contributed by atoms with Crippen molar-refractivity contribution in [1.82, 2.24) is 0 Å². The maximum atomic E-state index is 12.4. The molecular weight excluding hydrogens is 283 g/mol. The molecule has 0 aliphatic heterocycles. The molecular formula is C15H20F3NO2. The third kappa shape index (κ3) is 6.06. The summed E-state index contributed by atoms with van der Waals surface area (Å²) in [6.45, 7) is 8.51. The first-order chi connectivity index (χ1) is 9.37. The van der Waals surface area contributed by atoms with E-state index in [4.69, 9.17) is 4.74 Å². The van der Waals surface area contributed by atoms with Crippen LogP contribution in [0, 0.1) is 13.8 Å².